The van der Waals surface area contributed by atoms with Gasteiger partial charge in [0, 0.05) is 33.7 Å². The summed E-state index contributed by atoms with van der Waals surface area (Å²) in [6.45, 7) is -0.0194. The van der Waals surface area contributed by atoms with Crippen LogP contribution in [-0.4, -0.2) is 18.8 Å². The van der Waals surface area contributed by atoms with Crippen molar-refractivity contribution in [3.8, 4) is 5.75 Å². The molecule has 0 saturated heterocycles. The fourth-order valence-corrected chi connectivity index (χ4v) is 3.30. The van der Waals surface area contributed by atoms with Gasteiger partial charge in [-0.3, -0.25) is 4.79 Å². The minimum Gasteiger partial charge on any atom is -0.497 e. The molecule has 2 aromatic carbocycles. The van der Waals surface area contributed by atoms with Crippen molar-refractivity contribution in [1.29, 1.82) is 0 Å². The van der Waals surface area contributed by atoms with Gasteiger partial charge in [-0.1, -0.05) is 0 Å². The van der Waals surface area contributed by atoms with Gasteiger partial charge in [-0.25, -0.2) is 9.18 Å². The topological polar surface area (TPSA) is 65.7 Å². The number of ether oxygens (including phenoxy) is 2. The van der Waals surface area contributed by atoms with Crippen LogP contribution >= 0.6 is 11.8 Å². The van der Waals surface area contributed by atoms with Crippen LogP contribution in [-0.2, 0) is 16.1 Å². The highest BCUT2D eigenvalue weighted by molar-refractivity contribution is 7.99. The highest BCUT2D eigenvalue weighted by atomic mass is 32.2. The summed E-state index contributed by atoms with van der Waals surface area (Å²) in [7, 11) is 1.52. The number of carbonyl (C=O) groups is 1. The number of carbonyl (C=O) groups excluding carboxylic acids is 1. The van der Waals surface area contributed by atoms with Crippen molar-refractivity contribution >= 4 is 28.7 Å². The molecule has 0 fully saturated rings. The lowest BCUT2D eigenvalue weighted by Crippen LogP contribution is -2.08. The quantitative estimate of drug-likeness (QED) is 0.344. The summed E-state index contributed by atoms with van der Waals surface area (Å²) in [6, 6.07) is 12.5. The third kappa shape index (κ3) is 5.10. The number of thioether (sulfide) groups is 1. The highest BCUT2D eigenvalue weighted by Crippen LogP contribution is 2.23. The average molecular weight is 388 g/mol. The van der Waals surface area contributed by atoms with Gasteiger partial charge in [0.2, 0.25) is 0 Å². The number of esters is 1. The van der Waals surface area contributed by atoms with E-state index in [0.29, 0.717) is 28.0 Å². The zero-order valence-electron chi connectivity index (χ0n) is 14.6. The van der Waals surface area contributed by atoms with E-state index in [0.717, 1.165) is 4.90 Å². The molecular formula is C20H17FO5S. The van der Waals surface area contributed by atoms with Crippen LogP contribution < -0.4 is 10.4 Å². The van der Waals surface area contributed by atoms with Crippen LogP contribution in [0.2, 0.25) is 0 Å². The highest BCUT2D eigenvalue weighted by Gasteiger charge is 2.10. The van der Waals surface area contributed by atoms with Crippen molar-refractivity contribution in [2.45, 2.75) is 17.9 Å². The van der Waals surface area contributed by atoms with Gasteiger partial charge in [-0.15, -0.1) is 11.8 Å². The van der Waals surface area contributed by atoms with E-state index >= 15 is 0 Å². The minimum atomic E-state index is -0.520. The molecule has 0 radical (unpaired) electrons. The fourth-order valence-electron chi connectivity index (χ4n) is 2.47. The number of fused-ring (bicyclic) bond motifs is 1. The summed E-state index contributed by atoms with van der Waals surface area (Å²) in [5.74, 6) is 0.410. The summed E-state index contributed by atoms with van der Waals surface area (Å²) in [5.41, 5.74) is 0.428. The second-order valence-corrected chi connectivity index (χ2v) is 6.83. The first kappa shape index (κ1) is 19.0. The van der Waals surface area contributed by atoms with E-state index in [9.17, 15) is 14.0 Å². The molecule has 27 heavy (non-hydrogen) atoms. The van der Waals surface area contributed by atoms with Crippen LogP contribution in [0, 0.1) is 5.82 Å². The fraction of sp³-hybridized carbons (Fsp3) is 0.200. The summed E-state index contributed by atoms with van der Waals surface area (Å²) in [6.07, 6.45) is 0.204. The van der Waals surface area contributed by atoms with Gasteiger partial charge >= 0.3 is 11.6 Å². The average Bonchev–Trinajstić information content (AvgIpc) is 2.67. The Morgan fingerprint density at radius 3 is 2.67 bits per heavy atom. The van der Waals surface area contributed by atoms with Crippen LogP contribution in [0.15, 0.2) is 62.6 Å². The van der Waals surface area contributed by atoms with Crippen molar-refractivity contribution in [3.63, 3.8) is 0 Å². The van der Waals surface area contributed by atoms with Gasteiger partial charge in [0.1, 0.15) is 23.8 Å². The number of hydrogen-bond donors (Lipinski definition) is 0. The number of rotatable bonds is 7. The van der Waals surface area contributed by atoms with Crippen LogP contribution in [0.25, 0.3) is 11.0 Å². The Bertz CT molecular complexity index is 997. The van der Waals surface area contributed by atoms with Crippen molar-refractivity contribution in [2.75, 3.05) is 12.9 Å². The monoisotopic (exact) mass is 388 g/mol. The van der Waals surface area contributed by atoms with E-state index in [-0.39, 0.29) is 24.8 Å². The molecule has 0 saturated carbocycles. The van der Waals surface area contributed by atoms with Gasteiger partial charge in [-0.05, 0) is 36.4 Å². The summed E-state index contributed by atoms with van der Waals surface area (Å²) in [4.78, 5) is 24.6. The van der Waals surface area contributed by atoms with Crippen LogP contribution in [0.3, 0.4) is 0 Å². The smallest absolute Gasteiger partial charge is 0.336 e. The lowest BCUT2D eigenvalue weighted by Gasteiger charge is -2.08. The minimum absolute atomic E-state index is 0.0194. The van der Waals surface area contributed by atoms with E-state index in [1.54, 1.807) is 30.3 Å². The van der Waals surface area contributed by atoms with Gasteiger partial charge in [-0.2, -0.15) is 0 Å². The SMILES string of the molecule is COc1ccc2c(COC(=O)CCSc3ccc(F)cc3)cc(=O)oc2c1. The lowest BCUT2D eigenvalue weighted by atomic mass is 10.1. The Hall–Kier alpha value is -2.80. The molecule has 0 aliphatic heterocycles. The van der Waals surface area contributed by atoms with Gasteiger partial charge in [0.05, 0.1) is 13.5 Å². The Labute approximate surface area is 159 Å². The van der Waals surface area contributed by atoms with Crippen molar-refractivity contribution in [1.82, 2.24) is 0 Å². The first-order valence-electron chi connectivity index (χ1n) is 8.20. The van der Waals surface area contributed by atoms with E-state index < -0.39 is 5.63 Å². The van der Waals surface area contributed by atoms with Crippen molar-refractivity contribution < 1.29 is 23.1 Å². The Kier molecular flexibility index (Phi) is 6.13. The zero-order chi connectivity index (χ0) is 19.2. The number of halogens is 1. The molecule has 0 bridgehead atoms. The third-order valence-electron chi connectivity index (χ3n) is 3.81. The first-order valence-corrected chi connectivity index (χ1v) is 9.18. The third-order valence-corrected chi connectivity index (χ3v) is 4.83. The largest absolute Gasteiger partial charge is 0.497 e. The van der Waals surface area contributed by atoms with Crippen LogP contribution in [0.1, 0.15) is 12.0 Å². The molecule has 1 heterocycles. The van der Waals surface area contributed by atoms with Gasteiger partial charge in [0.15, 0.2) is 0 Å². The van der Waals surface area contributed by atoms with E-state index in [1.165, 1.54) is 37.1 Å². The van der Waals surface area contributed by atoms with Crippen LogP contribution in [0.4, 0.5) is 4.39 Å². The molecular weight excluding hydrogens is 371 g/mol. The second kappa shape index (κ2) is 8.73. The summed E-state index contributed by atoms with van der Waals surface area (Å²) < 4.78 is 28.4. The van der Waals surface area contributed by atoms with E-state index in [4.69, 9.17) is 13.9 Å². The molecule has 140 valence electrons. The molecule has 0 spiro atoms. The molecule has 1 aromatic heterocycles. The van der Waals surface area contributed by atoms with Gasteiger partial charge in [0.25, 0.3) is 0 Å². The number of hydrogen-bond acceptors (Lipinski definition) is 6. The van der Waals surface area contributed by atoms with E-state index in [1.807, 2.05) is 0 Å². The maximum atomic E-state index is 12.9. The lowest BCUT2D eigenvalue weighted by molar-refractivity contribution is -0.144. The summed E-state index contributed by atoms with van der Waals surface area (Å²) in [5, 5.41) is 0.684. The normalized spacial score (nSPS) is 10.7. The van der Waals surface area contributed by atoms with Crippen molar-refractivity contribution in [2.24, 2.45) is 0 Å². The molecule has 0 aliphatic rings. The predicted molar refractivity (Wildman–Crippen MR) is 101 cm³/mol. The molecule has 3 rings (SSSR count). The first-order chi connectivity index (χ1) is 13.0. The Balaban J connectivity index is 1.58. The van der Waals surface area contributed by atoms with Crippen LogP contribution in [0.5, 0.6) is 5.75 Å². The molecule has 0 unspecified atom stereocenters. The zero-order valence-corrected chi connectivity index (χ0v) is 15.4. The molecule has 0 N–H and O–H groups in total. The molecule has 7 heteroatoms. The van der Waals surface area contributed by atoms with E-state index in [2.05, 4.69) is 0 Å². The molecule has 5 nitrogen and oxygen atoms in total. The van der Waals surface area contributed by atoms with Crippen molar-refractivity contribution in [3.05, 3.63) is 70.3 Å². The molecule has 0 amide bonds. The molecule has 0 aliphatic carbocycles. The number of benzene rings is 2. The summed E-state index contributed by atoms with van der Waals surface area (Å²) >= 11 is 1.44. The standard InChI is InChI=1S/C20H17FO5S/c1-24-15-4-7-17-13(10-20(23)26-18(17)11-15)12-25-19(22)8-9-27-16-5-2-14(21)3-6-16/h2-7,10-11H,8-9,12H2,1H3. The van der Waals surface area contributed by atoms with Gasteiger partial charge < -0.3 is 13.9 Å². The predicted octanol–water partition coefficient (Wildman–Crippen LogP) is 4.17. The number of methoxy groups -OCH3 is 1. The Morgan fingerprint density at radius 1 is 1.15 bits per heavy atom. The second-order valence-electron chi connectivity index (χ2n) is 5.67. The maximum absolute atomic E-state index is 12.9. The maximum Gasteiger partial charge on any atom is 0.336 e. The molecule has 3 aromatic rings. The molecule has 0 atom stereocenters. The Morgan fingerprint density at radius 2 is 1.93 bits per heavy atom.